The van der Waals surface area contributed by atoms with E-state index in [1.54, 1.807) is 13.2 Å². The van der Waals surface area contributed by atoms with Crippen LogP contribution in [-0.2, 0) is 11.3 Å². The number of amides is 2. The standard InChI is InChI=1S/C32H38Cl2N4O3/c1-41-29-8-7-23-17-25(6-5-24(23)18-29)31(39)35-20-28-9-14-38(21-22-15-26(33)19-27(34)16-22)32(40)30(36-28)10-13-37-11-3-2-4-12-37/h5-8,15-19,28,30,36H,2-4,9-14,20-21H2,1H3,(H,35,39)/t28-,30-/m0/s1. The van der Waals surface area contributed by atoms with Crippen molar-refractivity contribution in [2.45, 2.75) is 50.7 Å². The Labute approximate surface area is 252 Å². The van der Waals surface area contributed by atoms with Gasteiger partial charge in [0.15, 0.2) is 0 Å². The predicted molar refractivity (Wildman–Crippen MR) is 165 cm³/mol. The van der Waals surface area contributed by atoms with Crippen LogP contribution in [-0.4, -0.2) is 73.5 Å². The molecule has 2 saturated heterocycles. The van der Waals surface area contributed by atoms with Gasteiger partial charge < -0.3 is 25.2 Å². The first-order valence-corrected chi connectivity index (χ1v) is 15.2. The quantitative estimate of drug-likeness (QED) is 0.340. The van der Waals surface area contributed by atoms with Gasteiger partial charge in [0.25, 0.3) is 5.91 Å². The van der Waals surface area contributed by atoms with E-state index in [1.807, 2.05) is 53.4 Å². The number of benzene rings is 3. The van der Waals surface area contributed by atoms with Crippen molar-refractivity contribution >= 4 is 45.8 Å². The molecule has 2 heterocycles. The van der Waals surface area contributed by atoms with E-state index in [0.29, 0.717) is 35.2 Å². The molecule has 9 heteroatoms. The zero-order valence-corrected chi connectivity index (χ0v) is 25.0. The molecule has 3 aromatic carbocycles. The summed E-state index contributed by atoms with van der Waals surface area (Å²) in [4.78, 5) is 31.2. The molecule has 2 atom stereocenters. The average Bonchev–Trinajstić information content (AvgIpc) is 3.12. The van der Waals surface area contributed by atoms with Crippen molar-refractivity contribution in [3.63, 3.8) is 0 Å². The minimum atomic E-state index is -0.327. The molecule has 0 aliphatic carbocycles. The second-order valence-electron chi connectivity index (χ2n) is 11.1. The minimum absolute atomic E-state index is 0.0353. The monoisotopic (exact) mass is 596 g/mol. The largest absolute Gasteiger partial charge is 0.497 e. The first-order valence-electron chi connectivity index (χ1n) is 14.5. The molecule has 2 aliphatic rings. The number of nitrogens with one attached hydrogen (secondary N) is 2. The summed E-state index contributed by atoms with van der Waals surface area (Å²) in [6, 6.07) is 16.5. The van der Waals surface area contributed by atoms with Crippen LogP contribution in [0.2, 0.25) is 10.0 Å². The summed E-state index contributed by atoms with van der Waals surface area (Å²) in [5, 5.41) is 9.81. The van der Waals surface area contributed by atoms with Gasteiger partial charge in [0.2, 0.25) is 5.91 Å². The summed E-state index contributed by atoms with van der Waals surface area (Å²) in [6.45, 7) is 4.51. The van der Waals surface area contributed by atoms with E-state index in [1.165, 1.54) is 19.3 Å². The number of methoxy groups -OCH3 is 1. The van der Waals surface area contributed by atoms with Gasteiger partial charge in [-0.05, 0) is 97.6 Å². The Morgan fingerprint density at radius 1 is 0.976 bits per heavy atom. The number of hydrogen-bond donors (Lipinski definition) is 2. The van der Waals surface area contributed by atoms with Crippen molar-refractivity contribution in [2.75, 3.05) is 39.8 Å². The molecule has 0 saturated carbocycles. The minimum Gasteiger partial charge on any atom is -0.497 e. The lowest BCUT2D eigenvalue weighted by Gasteiger charge is -2.30. The molecule has 2 amide bonds. The Kier molecular flexibility index (Phi) is 10.0. The summed E-state index contributed by atoms with van der Waals surface area (Å²) >= 11 is 12.5. The summed E-state index contributed by atoms with van der Waals surface area (Å²) < 4.78 is 5.31. The van der Waals surface area contributed by atoms with Crippen molar-refractivity contribution in [3.8, 4) is 5.75 Å². The number of rotatable bonds is 9. The van der Waals surface area contributed by atoms with E-state index >= 15 is 0 Å². The maximum atomic E-state index is 13.8. The second-order valence-corrected chi connectivity index (χ2v) is 11.9. The number of carbonyl (C=O) groups is 2. The fourth-order valence-corrected chi connectivity index (χ4v) is 6.40. The molecule has 3 aromatic rings. The molecule has 5 rings (SSSR count). The van der Waals surface area contributed by atoms with Crippen LogP contribution in [0.1, 0.15) is 48.0 Å². The Morgan fingerprint density at radius 2 is 1.71 bits per heavy atom. The van der Waals surface area contributed by atoms with Crippen molar-refractivity contribution in [3.05, 3.63) is 75.8 Å². The molecule has 218 valence electrons. The third kappa shape index (κ3) is 7.92. The van der Waals surface area contributed by atoms with Gasteiger partial charge in [-0.25, -0.2) is 0 Å². The molecular formula is C32H38Cl2N4O3. The van der Waals surface area contributed by atoms with Gasteiger partial charge in [-0.3, -0.25) is 9.59 Å². The van der Waals surface area contributed by atoms with Gasteiger partial charge in [0.1, 0.15) is 5.75 Å². The van der Waals surface area contributed by atoms with Crippen molar-refractivity contribution < 1.29 is 14.3 Å². The van der Waals surface area contributed by atoms with Crippen molar-refractivity contribution in [1.82, 2.24) is 20.4 Å². The van der Waals surface area contributed by atoms with Crippen LogP contribution in [0, 0.1) is 0 Å². The van der Waals surface area contributed by atoms with Gasteiger partial charge >= 0.3 is 0 Å². The number of hydrogen-bond acceptors (Lipinski definition) is 5. The number of likely N-dealkylation sites (tertiary alicyclic amines) is 1. The Morgan fingerprint density at radius 3 is 2.46 bits per heavy atom. The third-order valence-electron chi connectivity index (χ3n) is 8.09. The number of piperidine rings is 1. The molecule has 0 unspecified atom stereocenters. The maximum Gasteiger partial charge on any atom is 0.251 e. The zero-order valence-electron chi connectivity index (χ0n) is 23.5. The topological polar surface area (TPSA) is 73.9 Å². The lowest BCUT2D eigenvalue weighted by atomic mass is 10.1. The summed E-state index contributed by atoms with van der Waals surface area (Å²) in [6.07, 6.45) is 5.15. The van der Waals surface area contributed by atoms with Gasteiger partial charge in [-0.2, -0.15) is 0 Å². The lowest BCUT2D eigenvalue weighted by molar-refractivity contribution is -0.133. The molecule has 0 spiro atoms. The fraction of sp³-hybridized carbons (Fsp3) is 0.438. The van der Waals surface area contributed by atoms with Gasteiger partial charge in [-0.15, -0.1) is 0 Å². The smallest absolute Gasteiger partial charge is 0.251 e. The number of halogens is 2. The third-order valence-corrected chi connectivity index (χ3v) is 8.53. The van der Waals surface area contributed by atoms with E-state index in [9.17, 15) is 9.59 Å². The lowest BCUT2D eigenvalue weighted by Crippen LogP contribution is -2.50. The summed E-state index contributed by atoms with van der Waals surface area (Å²) in [5.74, 6) is 0.735. The average molecular weight is 598 g/mol. The molecule has 0 aromatic heterocycles. The van der Waals surface area contributed by atoms with Crippen LogP contribution in [0.3, 0.4) is 0 Å². The van der Waals surface area contributed by atoms with Crippen LogP contribution in [0.4, 0.5) is 0 Å². The zero-order chi connectivity index (χ0) is 28.8. The van der Waals surface area contributed by atoms with Crippen LogP contribution in [0.25, 0.3) is 10.8 Å². The van der Waals surface area contributed by atoms with Crippen LogP contribution < -0.4 is 15.4 Å². The fourth-order valence-electron chi connectivity index (χ4n) is 5.83. The first-order chi connectivity index (χ1) is 19.9. The van der Waals surface area contributed by atoms with Crippen LogP contribution in [0.15, 0.2) is 54.6 Å². The number of ether oxygens (including phenoxy) is 1. The summed E-state index contributed by atoms with van der Waals surface area (Å²) in [5.41, 5.74) is 1.51. The van der Waals surface area contributed by atoms with E-state index in [-0.39, 0.29) is 23.9 Å². The highest BCUT2D eigenvalue weighted by Gasteiger charge is 2.31. The highest BCUT2D eigenvalue weighted by Crippen LogP contribution is 2.23. The molecule has 41 heavy (non-hydrogen) atoms. The van der Waals surface area contributed by atoms with E-state index in [4.69, 9.17) is 27.9 Å². The van der Waals surface area contributed by atoms with Gasteiger partial charge in [-0.1, -0.05) is 41.8 Å². The first kappa shape index (κ1) is 29.6. The molecular weight excluding hydrogens is 559 g/mol. The van der Waals surface area contributed by atoms with Crippen molar-refractivity contribution in [1.29, 1.82) is 0 Å². The highest BCUT2D eigenvalue weighted by molar-refractivity contribution is 6.34. The molecule has 0 bridgehead atoms. The Bertz CT molecular complexity index is 1360. The van der Waals surface area contributed by atoms with E-state index < -0.39 is 0 Å². The number of carbonyl (C=O) groups excluding carboxylic acids is 2. The van der Waals surface area contributed by atoms with Crippen LogP contribution >= 0.6 is 23.2 Å². The van der Waals surface area contributed by atoms with Gasteiger partial charge in [0.05, 0.1) is 13.2 Å². The van der Waals surface area contributed by atoms with Gasteiger partial charge in [0, 0.05) is 47.8 Å². The molecule has 7 nitrogen and oxygen atoms in total. The maximum absolute atomic E-state index is 13.8. The Balaban J connectivity index is 1.26. The second kappa shape index (κ2) is 13.9. The highest BCUT2D eigenvalue weighted by atomic mass is 35.5. The Hall–Kier alpha value is -2.84. The van der Waals surface area contributed by atoms with E-state index in [2.05, 4.69) is 15.5 Å². The SMILES string of the molecule is COc1ccc2cc(C(=O)NC[C@@H]3CCN(Cc4cc(Cl)cc(Cl)c4)C(=O)[C@H](CCN4CCCCC4)N3)ccc2c1. The molecule has 0 radical (unpaired) electrons. The number of nitrogens with zero attached hydrogens (tertiary/aromatic N) is 2. The number of fused-ring (bicyclic) bond motifs is 1. The van der Waals surface area contributed by atoms with E-state index in [0.717, 1.165) is 54.6 Å². The normalized spacial score (nSPS) is 20.2. The van der Waals surface area contributed by atoms with Crippen LogP contribution in [0.5, 0.6) is 5.75 Å². The summed E-state index contributed by atoms with van der Waals surface area (Å²) in [7, 11) is 1.64. The predicted octanol–water partition coefficient (Wildman–Crippen LogP) is 5.52. The molecule has 2 aliphatic heterocycles. The van der Waals surface area contributed by atoms with Crippen molar-refractivity contribution in [2.24, 2.45) is 0 Å². The molecule has 2 N–H and O–H groups in total. The molecule has 2 fully saturated rings.